The molecular formula is C38H40O6. The maximum absolute atomic E-state index is 12.7. The largest absolute Gasteiger partial charge is 0.458 e. The Morgan fingerprint density at radius 1 is 0.591 bits per heavy atom. The fourth-order valence-electron chi connectivity index (χ4n) is 9.52. The van der Waals surface area contributed by atoms with Crippen LogP contribution in [0.4, 0.5) is 0 Å². The molecule has 8 rings (SSSR count). The van der Waals surface area contributed by atoms with Crippen molar-refractivity contribution in [3.8, 4) is 0 Å². The Bertz CT molecular complexity index is 1380. The van der Waals surface area contributed by atoms with Gasteiger partial charge in [0.15, 0.2) is 11.6 Å². The highest BCUT2D eigenvalue weighted by molar-refractivity contribution is 5.98. The number of hydrogen-bond donors (Lipinski definition) is 0. The molecule has 44 heavy (non-hydrogen) atoms. The van der Waals surface area contributed by atoms with Crippen LogP contribution in [-0.2, 0) is 19.1 Å². The SMILES string of the molecule is O=C(O[C@@H]1CCC[C@H]2CC3C=CC(=O)[C@]21C3)c1ccccc1.O=C(O[C@H]1CCC[C@H]2CC3C=CC(=O)[C@@]21C3)c1ccccc1. The van der Waals surface area contributed by atoms with E-state index in [0.29, 0.717) is 34.8 Å². The molecule has 6 nitrogen and oxygen atoms in total. The van der Waals surface area contributed by atoms with Gasteiger partial charge in [-0.1, -0.05) is 48.6 Å². The van der Waals surface area contributed by atoms with E-state index in [1.54, 1.807) is 36.4 Å². The van der Waals surface area contributed by atoms with Gasteiger partial charge in [0.05, 0.1) is 22.0 Å². The molecule has 0 aliphatic heterocycles. The van der Waals surface area contributed by atoms with Crippen LogP contribution in [0.25, 0.3) is 0 Å². The predicted octanol–water partition coefficient (Wildman–Crippen LogP) is 7.09. The summed E-state index contributed by atoms with van der Waals surface area (Å²) in [6.07, 6.45) is 16.8. The molecule has 2 spiro atoms. The van der Waals surface area contributed by atoms with Crippen molar-refractivity contribution in [2.24, 2.45) is 34.5 Å². The normalized spacial score (nSPS) is 36.0. The van der Waals surface area contributed by atoms with E-state index in [0.717, 1.165) is 64.2 Å². The Hall–Kier alpha value is -3.80. The average molecular weight is 593 g/mol. The molecule has 2 aromatic rings. The standard InChI is InChI=1S/2C19H20O3/c2*20-16-10-9-13-11-15-7-4-8-17(19(15,16)12-13)22-18(21)14-5-2-1-3-6-14/h2*1-3,5-6,9-10,13,15,17H,4,7-8,11-12H2/t13?,15-,17+,19-;13?,15-,17-,19+/m00/s1. The zero-order valence-corrected chi connectivity index (χ0v) is 25.1. The number of carbonyl (C=O) groups excluding carboxylic acids is 4. The number of rotatable bonds is 4. The summed E-state index contributed by atoms with van der Waals surface area (Å²) in [6, 6.07) is 18.1. The van der Waals surface area contributed by atoms with Gasteiger partial charge < -0.3 is 9.47 Å². The van der Waals surface area contributed by atoms with Crippen molar-refractivity contribution in [1.29, 1.82) is 0 Å². The number of ether oxygens (including phenoxy) is 2. The third kappa shape index (κ3) is 4.87. The molecule has 4 fully saturated rings. The quantitative estimate of drug-likeness (QED) is 0.352. The monoisotopic (exact) mass is 592 g/mol. The van der Waals surface area contributed by atoms with Gasteiger partial charge in [-0.3, -0.25) is 9.59 Å². The molecule has 0 heterocycles. The lowest BCUT2D eigenvalue weighted by Crippen LogP contribution is -2.50. The van der Waals surface area contributed by atoms with Crippen LogP contribution in [0.5, 0.6) is 0 Å². The lowest BCUT2D eigenvalue weighted by atomic mass is 9.63. The van der Waals surface area contributed by atoms with Gasteiger partial charge in [-0.25, -0.2) is 9.59 Å². The Morgan fingerprint density at radius 2 is 1.00 bits per heavy atom. The first-order valence-corrected chi connectivity index (χ1v) is 16.4. The first-order valence-electron chi connectivity index (χ1n) is 16.4. The van der Waals surface area contributed by atoms with E-state index in [1.807, 2.05) is 36.4 Å². The minimum atomic E-state index is -0.442. The van der Waals surface area contributed by atoms with E-state index in [9.17, 15) is 19.2 Å². The second-order valence-electron chi connectivity index (χ2n) is 13.7. The van der Waals surface area contributed by atoms with Crippen molar-refractivity contribution >= 4 is 23.5 Å². The highest BCUT2D eigenvalue weighted by atomic mass is 16.5. The third-order valence-corrected chi connectivity index (χ3v) is 11.5. The van der Waals surface area contributed by atoms with Gasteiger partial charge in [-0.15, -0.1) is 0 Å². The summed E-state index contributed by atoms with van der Waals surface area (Å²) in [7, 11) is 0. The van der Waals surface area contributed by atoms with Gasteiger partial charge >= 0.3 is 11.9 Å². The van der Waals surface area contributed by atoms with E-state index in [4.69, 9.17) is 9.47 Å². The summed E-state index contributed by atoms with van der Waals surface area (Å²) in [5, 5.41) is 0. The van der Waals surface area contributed by atoms with Crippen LogP contribution in [0.1, 0.15) is 84.9 Å². The van der Waals surface area contributed by atoms with Crippen molar-refractivity contribution in [2.45, 2.75) is 76.4 Å². The van der Waals surface area contributed by atoms with Crippen molar-refractivity contribution in [3.63, 3.8) is 0 Å². The Kier molecular flexibility index (Phi) is 7.63. The molecule has 0 N–H and O–H groups in total. The lowest BCUT2D eigenvalue weighted by Gasteiger charge is -2.44. The summed E-state index contributed by atoms with van der Waals surface area (Å²) >= 11 is 0. The molecule has 6 heteroatoms. The fourth-order valence-corrected chi connectivity index (χ4v) is 9.52. The molecule has 0 amide bonds. The summed E-state index contributed by atoms with van der Waals surface area (Å²) in [4.78, 5) is 50.1. The van der Waals surface area contributed by atoms with E-state index in [2.05, 4.69) is 12.2 Å². The maximum Gasteiger partial charge on any atom is 0.338 e. The fraction of sp³-hybridized carbons (Fsp3) is 0.474. The smallest absolute Gasteiger partial charge is 0.338 e. The average Bonchev–Trinajstić information content (AvgIpc) is 3.56. The van der Waals surface area contributed by atoms with Gasteiger partial charge in [0.1, 0.15) is 12.2 Å². The van der Waals surface area contributed by atoms with Gasteiger partial charge in [0.25, 0.3) is 0 Å². The molecule has 2 aromatic carbocycles. The van der Waals surface area contributed by atoms with Crippen molar-refractivity contribution < 1.29 is 28.7 Å². The number of benzene rings is 2. The van der Waals surface area contributed by atoms with E-state index < -0.39 is 10.8 Å². The minimum Gasteiger partial charge on any atom is -0.458 e. The number of carbonyl (C=O) groups is 4. The van der Waals surface area contributed by atoms with Crippen LogP contribution in [0.3, 0.4) is 0 Å². The first kappa shape index (κ1) is 28.9. The molecule has 4 saturated carbocycles. The topological polar surface area (TPSA) is 86.7 Å². The van der Waals surface area contributed by atoms with Crippen LogP contribution >= 0.6 is 0 Å². The van der Waals surface area contributed by atoms with E-state index >= 15 is 0 Å². The van der Waals surface area contributed by atoms with Crippen LogP contribution in [0, 0.1) is 34.5 Å². The zero-order valence-electron chi connectivity index (χ0n) is 25.1. The molecule has 0 saturated heterocycles. The number of hydrogen-bond acceptors (Lipinski definition) is 6. The van der Waals surface area contributed by atoms with Gasteiger partial charge in [-0.05, 0) is 124 Å². The molecule has 0 aromatic heterocycles. The maximum atomic E-state index is 12.7. The second-order valence-corrected chi connectivity index (χ2v) is 13.7. The summed E-state index contributed by atoms with van der Waals surface area (Å²) in [5.41, 5.74) is 0.244. The molecule has 6 aliphatic rings. The summed E-state index contributed by atoms with van der Waals surface area (Å²) < 4.78 is 11.7. The highest BCUT2D eigenvalue weighted by Gasteiger charge is 2.61. The van der Waals surface area contributed by atoms with Gasteiger partial charge in [-0.2, -0.15) is 0 Å². The Morgan fingerprint density at radius 3 is 1.41 bits per heavy atom. The highest BCUT2D eigenvalue weighted by Crippen LogP contribution is 2.59. The third-order valence-electron chi connectivity index (χ3n) is 11.5. The molecule has 2 unspecified atom stereocenters. The van der Waals surface area contributed by atoms with Crippen LogP contribution in [0.2, 0.25) is 0 Å². The van der Waals surface area contributed by atoms with Crippen molar-refractivity contribution in [2.75, 3.05) is 0 Å². The summed E-state index contributed by atoms with van der Waals surface area (Å²) in [5.74, 6) is 1.48. The number of fused-ring (bicyclic) bond motifs is 2. The van der Waals surface area contributed by atoms with Crippen LogP contribution in [-0.4, -0.2) is 35.7 Å². The molecule has 228 valence electrons. The molecule has 6 aliphatic carbocycles. The van der Waals surface area contributed by atoms with Crippen molar-refractivity contribution in [3.05, 3.63) is 96.1 Å². The number of ketones is 2. The van der Waals surface area contributed by atoms with Crippen LogP contribution < -0.4 is 0 Å². The molecule has 8 atom stereocenters. The predicted molar refractivity (Wildman–Crippen MR) is 165 cm³/mol. The lowest BCUT2D eigenvalue weighted by molar-refractivity contribution is -0.140. The number of allylic oxidation sites excluding steroid dienone is 4. The van der Waals surface area contributed by atoms with Gasteiger partial charge in [0, 0.05) is 0 Å². The molecule has 0 radical (unpaired) electrons. The van der Waals surface area contributed by atoms with Crippen molar-refractivity contribution in [1.82, 2.24) is 0 Å². The zero-order chi connectivity index (χ0) is 30.3. The first-order chi connectivity index (χ1) is 21.4. The van der Waals surface area contributed by atoms with Gasteiger partial charge in [0.2, 0.25) is 0 Å². The summed E-state index contributed by atoms with van der Waals surface area (Å²) in [6.45, 7) is 0. The minimum absolute atomic E-state index is 0.178. The Balaban J connectivity index is 0.000000142. The number of esters is 2. The Labute approximate surface area is 258 Å². The molecule has 4 bridgehead atoms. The second kappa shape index (κ2) is 11.6. The molecular weight excluding hydrogens is 552 g/mol. The van der Waals surface area contributed by atoms with Crippen LogP contribution in [0.15, 0.2) is 85.0 Å². The van der Waals surface area contributed by atoms with E-state index in [-0.39, 0.29) is 35.7 Å². The van der Waals surface area contributed by atoms with E-state index in [1.165, 1.54) is 0 Å².